The summed E-state index contributed by atoms with van der Waals surface area (Å²) >= 11 is 1.32. The van der Waals surface area contributed by atoms with Gasteiger partial charge in [-0.05, 0) is 23.8 Å². The quantitative estimate of drug-likeness (QED) is 0.761. The summed E-state index contributed by atoms with van der Waals surface area (Å²) in [7, 11) is 0. The van der Waals surface area contributed by atoms with Crippen molar-refractivity contribution in [2.75, 3.05) is 0 Å². The van der Waals surface area contributed by atoms with Crippen molar-refractivity contribution in [3.05, 3.63) is 76.1 Å². The maximum absolute atomic E-state index is 13.3. The first-order valence-corrected chi connectivity index (χ1v) is 8.20. The number of carbonyl (C=O) groups is 1. The van der Waals surface area contributed by atoms with Crippen molar-refractivity contribution in [1.29, 1.82) is 0 Å². The highest BCUT2D eigenvalue weighted by Gasteiger charge is 2.11. The molecular formula is C18H14F2N2OS. The summed E-state index contributed by atoms with van der Waals surface area (Å²) in [5.74, 6) is -1.94. The monoisotopic (exact) mass is 344 g/mol. The molecular weight excluding hydrogens is 330 g/mol. The predicted octanol–water partition coefficient (Wildman–Crippen LogP) is 3.95. The van der Waals surface area contributed by atoms with Gasteiger partial charge in [0.2, 0.25) is 5.91 Å². The number of amides is 1. The first-order chi connectivity index (χ1) is 11.6. The zero-order valence-electron chi connectivity index (χ0n) is 12.6. The zero-order valence-corrected chi connectivity index (χ0v) is 13.4. The summed E-state index contributed by atoms with van der Waals surface area (Å²) in [5.41, 5.74) is 2.04. The van der Waals surface area contributed by atoms with Gasteiger partial charge in [-0.2, -0.15) is 0 Å². The molecule has 0 fully saturated rings. The minimum atomic E-state index is -0.914. The van der Waals surface area contributed by atoms with Crippen molar-refractivity contribution < 1.29 is 13.6 Å². The Kier molecular flexibility index (Phi) is 4.96. The van der Waals surface area contributed by atoms with Crippen LogP contribution >= 0.6 is 11.3 Å². The molecule has 2 aromatic carbocycles. The largest absolute Gasteiger partial charge is 0.352 e. The number of hydrogen-bond acceptors (Lipinski definition) is 3. The Morgan fingerprint density at radius 3 is 2.62 bits per heavy atom. The SMILES string of the molecule is O=C(Cc1nc(-c2ccc(F)c(F)c2)cs1)NCc1ccccc1. The fourth-order valence-electron chi connectivity index (χ4n) is 2.18. The molecule has 0 saturated heterocycles. The molecule has 1 amide bonds. The first kappa shape index (κ1) is 16.3. The molecule has 6 heteroatoms. The van der Waals surface area contributed by atoms with Crippen LogP contribution in [-0.2, 0) is 17.8 Å². The highest BCUT2D eigenvalue weighted by Crippen LogP contribution is 2.23. The van der Waals surface area contributed by atoms with Crippen molar-refractivity contribution in [3.63, 3.8) is 0 Å². The summed E-state index contributed by atoms with van der Waals surface area (Å²) in [6.07, 6.45) is 0.154. The standard InChI is InChI=1S/C18H14F2N2OS/c19-14-7-6-13(8-15(14)20)16-11-24-18(22-16)9-17(23)21-10-12-4-2-1-3-5-12/h1-8,11H,9-10H2,(H,21,23). The van der Waals surface area contributed by atoms with Crippen molar-refractivity contribution >= 4 is 17.2 Å². The van der Waals surface area contributed by atoms with Gasteiger partial charge in [-0.25, -0.2) is 13.8 Å². The Hall–Kier alpha value is -2.60. The summed E-state index contributed by atoms with van der Waals surface area (Å²) in [6, 6.07) is 13.2. The van der Waals surface area contributed by atoms with Crippen LogP contribution in [0.1, 0.15) is 10.6 Å². The highest BCUT2D eigenvalue weighted by molar-refractivity contribution is 7.10. The van der Waals surface area contributed by atoms with Crippen LogP contribution in [0.3, 0.4) is 0 Å². The van der Waals surface area contributed by atoms with Crippen LogP contribution in [0.2, 0.25) is 0 Å². The van der Waals surface area contributed by atoms with Gasteiger partial charge in [0.05, 0.1) is 12.1 Å². The number of benzene rings is 2. The number of halogens is 2. The van der Waals surface area contributed by atoms with Crippen molar-refractivity contribution in [3.8, 4) is 11.3 Å². The Morgan fingerprint density at radius 2 is 1.88 bits per heavy atom. The molecule has 0 bridgehead atoms. The smallest absolute Gasteiger partial charge is 0.227 e. The number of aromatic nitrogens is 1. The lowest BCUT2D eigenvalue weighted by molar-refractivity contribution is -0.120. The minimum Gasteiger partial charge on any atom is -0.352 e. The summed E-state index contributed by atoms with van der Waals surface area (Å²) in [5, 5.41) is 5.19. The Labute approximate surface area is 142 Å². The van der Waals surface area contributed by atoms with E-state index in [0.29, 0.717) is 22.8 Å². The van der Waals surface area contributed by atoms with Crippen molar-refractivity contribution in [2.45, 2.75) is 13.0 Å². The molecule has 3 aromatic rings. The van der Waals surface area contributed by atoms with Crippen LogP contribution in [0.25, 0.3) is 11.3 Å². The second-order valence-corrected chi connectivity index (χ2v) is 6.14. The van der Waals surface area contributed by atoms with E-state index in [1.807, 2.05) is 30.3 Å². The average Bonchev–Trinajstić information content (AvgIpc) is 3.05. The van der Waals surface area contributed by atoms with Crippen molar-refractivity contribution in [1.82, 2.24) is 10.3 Å². The van der Waals surface area contributed by atoms with E-state index in [2.05, 4.69) is 10.3 Å². The molecule has 3 nitrogen and oxygen atoms in total. The molecule has 0 aliphatic rings. The van der Waals surface area contributed by atoms with Gasteiger partial charge in [-0.3, -0.25) is 4.79 Å². The maximum atomic E-state index is 13.3. The minimum absolute atomic E-state index is 0.134. The summed E-state index contributed by atoms with van der Waals surface area (Å²) in [6.45, 7) is 0.459. The number of nitrogens with zero attached hydrogens (tertiary/aromatic N) is 1. The van der Waals surface area contributed by atoms with E-state index in [0.717, 1.165) is 17.7 Å². The maximum Gasteiger partial charge on any atom is 0.227 e. The van der Waals surface area contributed by atoms with Crippen LogP contribution in [-0.4, -0.2) is 10.9 Å². The van der Waals surface area contributed by atoms with E-state index in [1.54, 1.807) is 5.38 Å². The lowest BCUT2D eigenvalue weighted by Gasteiger charge is -2.03. The van der Waals surface area contributed by atoms with Gasteiger partial charge in [-0.1, -0.05) is 30.3 Å². The van der Waals surface area contributed by atoms with E-state index in [4.69, 9.17) is 0 Å². The third-order valence-corrected chi connectivity index (χ3v) is 4.26. The topological polar surface area (TPSA) is 42.0 Å². The van der Waals surface area contributed by atoms with Gasteiger partial charge >= 0.3 is 0 Å². The van der Waals surface area contributed by atoms with Gasteiger partial charge in [0.25, 0.3) is 0 Å². The number of carbonyl (C=O) groups excluding carboxylic acids is 1. The molecule has 0 spiro atoms. The highest BCUT2D eigenvalue weighted by atomic mass is 32.1. The van der Waals surface area contributed by atoms with E-state index in [9.17, 15) is 13.6 Å². The second kappa shape index (κ2) is 7.31. The molecule has 0 saturated carbocycles. The fraction of sp³-hybridized carbons (Fsp3) is 0.111. The first-order valence-electron chi connectivity index (χ1n) is 7.32. The van der Waals surface area contributed by atoms with Gasteiger partial charge in [0.15, 0.2) is 11.6 Å². The molecule has 0 atom stereocenters. The van der Waals surface area contributed by atoms with Gasteiger partial charge in [-0.15, -0.1) is 11.3 Å². The van der Waals surface area contributed by atoms with Crippen molar-refractivity contribution in [2.24, 2.45) is 0 Å². The second-order valence-electron chi connectivity index (χ2n) is 5.19. The lowest BCUT2D eigenvalue weighted by Crippen LogP contribution is -2.24. The van der Waals surface area contributed by atoms with E-state index < -0.39 is 11.6 Å². The van der Waals surface area contributed by atoms with Crippen LogP contribution < -0.4 is 5.32 Å². The number of nitrogens with one attached hydrogen (secondary N) is 1. The Bertz CT molecular complexity index is 849. The molecule has 1 N–H and O–H groups in total. The zero-order chi connectivity index (χ0) is 16.9. The Morgan fingerprint density at radius 1 is 1.08 bits per heavy atom. The van der Waals surface area contributed by atoms with Gasteiger partial charge < -0.3 is 5.32 Å². The lowest BCUT2D eigenvalue weighted by atomic mass is 10.1. The summed E-state index contributed by atoms with van der Waals surface area (Å²) < 4.78 is 26.3. The van der Waals surface area contributed by atoms with Crippen LogP contribution in [0.15, 0.2) is 53.9 Å². The number of hydrogen-bond donors (Lipinski definition) is 1. The summed E-state index contributed by atoms with van der Waals surface area (Å²) in [4.78, 5) is 16.3. The van der Waals surface area contributed by atoms with E-state index >= 15 is 0 Å². The third-order valence-electron chi connectivity index (χ3n) is 3.41. The molecule has 1 heterocycles. The molecule has 0 aliphatic carbocycles. The molecule has 0 unspecified atom stereocenters. The average molecular weight is 344 g/mol. The third kappa shape index (κ3) is 4.02. The molecule has 0 aliphatic heterocycles. The van der Waals surface area contributed by atoms with Crippen LogP contribution in [0.5, 0.6) is 0 Å². The van der Waals surface area contributed by atoms with Gasteiger partial charge in [0.1, 0.15) is 5.01 Å². The van der Waals surface area contributed by atoms with Crippen LogP contribution in [0.4, 0.5) is 8.78 Å². The van der Waals surface area contributed by atoms with E-state index in [-0.39, 0.29) is 12.3 Å². The van der Waals surface area contributed by atoms with Gasteiger partial charge in [0, 0.05) is 17.5 Å². The Balaban J connectivity index is 1.61. The molecule has 0 radical (unpaired) electrons. The molecule has 1 aromatic heterocycles. The normalized spacial score (nSPS) is 10.6. The molecule has 122 valence electrons. The molecule has 24 heavy (non-hydrogen) atoms. The number of rotatable bonds is 5. The number of thiazole rings is 1. The fourth-order valence-corrected chi connectivity index (χ4v) is 2.98. The van der Waals surface area contributed by atoms with Crippen LogP contribution in [0, 0.1) is 11.6 Å². The molecule has 3 rings (SSSR count). The van der Waals surface area contributed by atoms with E-state index in [1.165, 1.54) is 17.4 Å². The predicted molar refractivity (Wildman–Crippen MR) is 89.5 cm³/mol.